The molecule has 1 amide bonds. The van der Waals surface area contributed by atoms with Gasteiger partial charge in [-0.25, -0.2) is 9.59 Å². The van der Waals surface area contributed by atoms with E-state index in [9.17, 15) is 34.2 Å². The molecular weight excluding hydrogens is 771 g/mol. The SMILES string of the molecule is CCC(C)(C)C(=O)C(=O)N1CCCC[C@H]1C(=O)OC(CCCc1ccccc1)CCNC(=S)Nc1ccc(-c2c3ccc(=O)cc-3oc3cc(O)ccc23)c(C(=O)O)c1. The Balaban J connectivity index is 1.15. The van der Waals surface area contributed by atoms with E-state index in [2.05, 4.69) is 10.6 Å². The number of benzene rings is 4. The predicted molar refractivity (Wildman–Crippen MR) is 230 cm³/mol. The Morgan fingerprint density at radius 3 is 2.47 bits per heavy atom. The lowest BCUT2D eigenvalue weighted by Crippen LogP contribution is -2.53. The molecule has 308 valence electrons. The summed E-state index contributed by atoms with van der Waals surface area (Å²) in [5.41, 5.74) is 2.11. The van der Waals surface area contributed by atoms with Crippen molar-refractivity contribution in [1.29, 1.82) is 0 Å². The van der Waals surface area contributed by atoms with Crippen LogP contribution in [0, 0.1) is 5.41 Å². The van der Waals surface area contributed by atoms with Gasteiger partial charge in [-0.1, -0.05) is 57.2 Å². The van der Waals surface area contributed by atoms with Crippen molar-refractivity contribution in [2.24, 2.45) is 5.41 Å². The van der Waals surface area contributed by atoms with Crippen molar-refractivity contribution < 1.29 is 38.5 Å². The number of carbonyl (C=O) groups is 4. The van der Waals surface area contributed by atoms with Crippen LogP contribution in [0.1, 0.15) is 81.6 Å². The van der Waals surface area contributed by atoms with Crippen molar-refractivity contribution >= 4 is 57.6 Å². The molecule has 0 radical (unpaired) electrons. The number of ketones is 1. The van der Waals surface area contributed by atoms with E-state index in [0.29, 0.717) is 73.0 Å². The molecule has 3 aliphatic rings. The number of nitrogens with one attached hydrogen (secondary N) is 2. The van der Waals surface area contributed by atoms with Gasteiger partial charge in [-0.3, -0.25) is 14.4 Å². The lowest BCUT2D eigenvalue weighted by molar-refractivity contribution is -0.164. The molecule has 0 bridgehead atoms. The van der Waals surface area contributed by atoms with Crippen molar-refractivity contribution in [3.8, 4) is 28.2 Å². The summed E-state index contributed by atoms with van der Waals surface area (Å²) in [4.78, 5) is 66.6. The van der Waals surface area contributed by atoms with Crippen LogP contribution >= 0.6 is 12.2 Å². The average molecular weight is 820 g/mol. The van der Waals surface area contributed by atoms with Crippen LogP contribution in [0.15, 0.2) is 94.1 Å². The number of piperidine rings is 1. The number of hydrogen-bond donors (Lipinski definition) is 4. The van der Waals surface area contributed by atoms with Gasteiger partial charge in [0.1, 0.15) is 29.2 Å². The Morgan fingerprint density at radius 1 is 0.966 bits per heavy atom. The number of thiocarbonyl (C=S) groups is 1. The third kappa shape index (κ3) is 10.1. The van der Waals surface area contributed by atoms with E-state index in [1.165, 1.54) is 35.2 Å². The van der Waals surface area contributed by atoms with E-state index in [-0.39, 0.29) is 33.2 Å². The lowest BCUT2D eigenvalue weighted by atomic mass is 9.84. The van der Waals surface area contributed by atoms with Gasteiger partial charge >= 0.3 is 11.9 Å². The molecule has 1 unspecified atom stereocenters. The van der Waals surface area contributed by atoms with Gasteiger partial charge < -0.3 is 34.9 Å². The van der Waals surface area contributed by atoms with Crippen molar-refractivity contribution in [1.82, 2.24) is 10.2 Å². The van der Waals surface area contributed by atoms with Gasteiger partial charge in [-0.2, -0.15) is 0 Å². The molecule has 1 fully saturated rings. The quantitative estimate of drug-likeness (QED) is 0.0348. The number of carboxylic acids is 1. The normalized spacial score (nSPS) is 14.8. The summed E-state index contributed by atoms with van der Waals surface area (Å²) in [6, 6.07) is 22.8. The number of aromatic hydroxyl groups is 1. The Hall–Kier alpha value is -6.08. The second-order valence-corrected chi connectivity index (χ2v) is 16.0. The Labute approximate surface area is 347 Å². The summed E-state index contributed by atoms with van der Waals surface area (Å²) >= 11 is 5.60. The standard InChI is InChI=1S/C46H49N3O9S/c1-4-46(2,3)41(52)42(53)49-24-9-8-15-37(49)44(56)57-32(14-10-13-28-11-6-5-7-12-28)22-23-47-45(59)48-29-16-19-33(36(25-29)43(54)55)40-34-20-17-30(50)26-38(34)58-39-27-31(51)18-21-35(39)40/h5-7,11-12,16-21,25-27,32,37,50H,4,8-10,13-15,22-24H2,1-3H3,(H,54,55)(H2,47,48,59)/t32?,37-/m0/s1. The fraction of sp³-hybridized carbons (Fsp3) is 0.348. The number of Topliss-reactive ketones (excluding diaryl/α,β-unsaturated/α-hetero) is 1. The van der Waals surface area contributed by atoms with Crippen LogP contribution in [-0.4, -0.2) is 69.1 Å². The number of amides is 1. The van der Waals surface area contributed by atoms with Crippen molar-refractivity contribution in [2.75, 3.05) is 18.4 Å². The van der Waals surface area contributed by atoms with E-state index in [4.69, 9.17) is 21.4 Å². The van der Waals surface area contributed by atoms with Gasteiger partial charge in [0.15, 0.2) is 10.5 Å². The first-order valence-corrected chi connectivity index (χ1v) is 20.4. The van der Waals surface area contributed by atoms with Crippen LogP contribution in [0.3, 0.4) is 0 Å². The van der Waals surface area contributed by atoms with E-state index in [1.54, 1.807) is 38.1 Å². The lowest BCUT2D eigenvalue weighted by Gasteiger charge is -2.36. The zero-order valence-electron chi connectivity index (χ0n) is 33.4. The number of likely N-dealkylation sites (tertiary alicyclic amines) is 1. The number of phenols is 1. The highest BCUT2D eigenvalue weighted by molar-refractivity contribution is 7.80. The first-order chi connectivity index (χ1) is 28.2. The molecular formula is C46H49N3O9S. The molecule has 0 spiro atoms. The monoisotopic (exact) mass is 819 g/mol. The fourth-order valence-electron chi connectivity index (χ4n) is 7.37. The molecule has 3 aromatic carbocycles. The zero-order chi connectivity index (χ0) is 42.3. The summed E-state index contributed by atoms with van der Waals surface area (Å²) in [6.07, 6.45) is 4.31. The van der Waals surface area contributed by atoms with Crippen molar-refractivity contribution in [2.45, 2.75) is 84.3 Å². The molecule has 2 aliphatic heterocycles. The van der Waals surface area contributed by atoms with Crippen LogP contribution in [0.25, 0.3) is 33.4 Å². The minimum atomic E-state index is -1.19. The molecule has 2 atom stereocenters. The van der Waals surface area contributed by atoms with Gasteiger partial charge in [0.25, 0.3) is 5.91 Å². The molecule has 2 heterocycles. The maximum Gasteiger partial charge on any atom is 0.336 e. The number of anilines is 1. The molecule has 1 saturated heterocycles. The highest BCUT2D eigenvalue weighted by Crippen LogP contribution is 2.42. The average Bonchev–Trinajstić information content (AvgIpc) is 3.22. The number of carbonyl (C=O) groups excluding carboxylic acids is 3. The number of ether oxygens (including phenoxy) is 1. The van der Waals surface area contributed by atoms with Crippen molar-refractivity contribution in [3.05, 3.63) is 106 Å². The number of carboxylic acid groups (broad SMARTS) is 1. The Morgan fingerprint density at radius 2 is 1.73 bits per heavy atom. The topological polar surface area (TPSA) is 175 Å². The molecule has 3 aromatic rings. The first kappa shape index (κ1) is 42.5. The number of fused-ring (bicyclic) bond motifs is 2. The number of rotatable bonds is 15. The van der Waals surface area contributed by atoms with E-state index in [0.717, 1.165) is 24.8 Å². The zero-order valence-corrected chi connectivity index (χ0v) is 34.2. The molecule has 59 heavy (non-hydrogen) atoms. The molecule has 0 aromatic heterocycles. The number of phenolic OH excluding ortho intramolecular Hbond substituents is 1. The molecule has 6 rings (SSSR count). The van der Waals surface area contributed by atoms with Crippen LogP contribution in [0.2, 0.25) is 0 Å². The smallest absolute Gasteiger partial charge is 0.336 e. The fourth-order valence-corrected chi connectivity index (χ4v) is 7.59. The summed E-state index contributed by atoms with van der Waals surface area (Å²) < 4.78 is 12.1. The number of nitrogens with zero attached hydrogens (tertiary/aromatic N) is 1. The minimum Gasteiger partial charge on any atom is -0.508 e. The molecule has 0 saturated carbocycles. The second kappa shape index (κ2) is 18.7. The summed E-state index contributed by atoms with van der Waals surface area (Å²) in [5.74, 6) is -2.67. The second-order valence-electron chi connectivity index (χ2n) is 15.6. The maximum atomic E-state index is 13.8. The third-order valence-corrected chi connectivity index (χ3v) is 11.3. The maximum absolute atomic E-state index is 13.8. The van der Waals surface area contributed by atoms with Crippen molar-refractivity contribution in [3.63, 3.8) is 0 Å². The third-order valence-electron chi connectivity index (χ3n) is 11.1. The summed E-state index contributed by atoms with van der Waals surface area (Å²) in [6.45, 7) is 5.97. The van der Waals surface area contributed by atoms with Gasteiger partial charge in [0, 0.05) is 59.3 Å². The molecule has 12 nitrogen and oxygen atoms in total. The van der Waals surface area contributed by atoms with Crippen LogP contribution in [0.4, 0.5) is 5.69 Å². The highest BCUT2D eigenvalue weighted by Gasteiger charge is 2.41. The Bertz CT molecular complexity index is 2390. The summed E-state index contributed by atoms with van der Waals surface area (Å²) in [7, 11) is 0. The number of aryl methyl sites for hydroxylation is 1. The summed E-state index contributed by atoms with van der Waals surface area (Å²) in [5, 5.41) is 27.5. The van der Waals surface area contributed by atoms with E-state index in [1.807, 2.05) is 37.3 Å². The predicted octanol–water partition coefficient (Wildman–Crippen LogP) is 7.97. The number of aromatic carboxylic acids is 1. The van der Waals surface area contributed by atoms with Gasteiger partial charge in [0.05, 0.1) is 5.56 Å². The molecule has 1 aliphatic carbocycles. The van der Waals surface area contributed by atoms with Crippen LogP contribution in [0.5, 0.6) is 5.75 Å². The van der Waals surface area contributed by atoms with Gasteiger partial charge in [0.2, 0.25) is 5.78 Å². The largest absolute Gasteiger partial charge is 0.508 e. The van der Waals surface area contributed by atoms with Crippen LogP contribution in [-0.2, 0) is 25.5 Å². The van der Waals surface area contributed by atoms with E-state index < -0.39 is 41.2 Å². The number of esters is 1. The highest BCUT2D eigenvalue weighted by atomic mass is 32.1. The minimum absolute atomic E-state index is 0.0357. The molecule has 13 heteroatoms. The number of hydrogen-bond acceptors (Lipinski definition) is 9. The van der Waals surface area contributed by atoms with Crippen LogP contribution < -0.4 is 16.1 Å². The van der Waals surface area contributed by atoms with Gasteiger partial charge in [-0.15, -0.1) is 0 Å². The van der Waals surface area contributed by atoms with E-state index >= 15 is 0 Å². The Kier molecular flexibility index (Phi) is 13.5. The first-order valence-electron chi connectivity index (χ1n) is 20.0. The van der Waals surface area contributed by atoms with Gasteiger partial charge in [-0.05, 0) is 105 Å². The molecule has 4 N–H and O–H groups in total.